The Morgan fingerprint density at radius 3 is 3.11 bits per heavy atom. The van der Waals surface area contributed by atoms with E-state index in [1.807, 2.05) is 18.2 Å². The van der Waals surface area contributed by atoms with Crippen LogP contribution in [0.3, 0.4) is 0 Å². The van der Waals surface area contributed by atoms with E-state index >= 15 is 0 Å². The minimum absolute atomic E-state index is 0.0821. The Morgan fingerprint density at radius 2 is 2.28 bits per heavy atom. The SMILES string of the molecule is O=C(C[C@@H]1CCCN1)c1nccc2cccnc12. The van der Waals surface area contributed by atoms with Crippen molar-refractivity contribution in [3.63, 3.8) is 0 Å². The number of nitrogens with zero attached hydrogens (tertiary/aromatic N) is 2. The van der Waals surface area contributed by atoms with Gasteiger partial charge in [0.1, 0.15) is 5.69 Å². The van der Waals surface area contributed by atoms with Gasteiger partial charge < -0.3 is 5.32 Å². The van der Waals surface area contributed by atoms with Gasteiger partial charge in [-0.25, -0.2) is 0 Å². The first-order valence-corrected chi connectivity index (χ1v) is 6.31. The van der Waals surface area contributed by atoms with E-state index in [1.165, 1.54) is 0 Å². The number of carbonyl (C=O) groups is 1. The van der Waals surface area contributed by atoms with Crippen molar-refractivity contribution < 1.29 is 4.79 Å². The van der Waals surface area contributed by atoms with Crippen molar-refractivity contribution in [2.45, 2.75) is 25.3 Å². The summed E-state index contributed by atoms with van der Waals surface area (Å²) in [4.78, 5) is 20.8. The summed E-state index contributed by atoms with van der Waals surface area (Å²) in [7, 11) is 0. The lowest BCUT2D eigenvalue weighted by molar-refractivity contribution is 0.0968. The van der Waals surface area contributed by atoms with E-state index in [4.69, 9.17) is 0 Å². The highest BCUT2D eigenvalue weighted by atomic mass is 16.1. The number of hydrogen-bond acceptors (Lipinski definition) is 4. The Labute approximate surface area is 105 Å². The molecule has 0 bridgehead atoms. The van der Waals surface area contributed by atoms with Crippen LogP contribution in [-0.2, 0) is 0 Å². The van der Waals surface area contributed by atoms with E-state index in [0.717, 1.165) is 24.8 Å². The van der Waals surface area contributed by atoms with Gasteiger partial charge in [-0.3, -0.25) is 14.8 Å². The highest BCUT2D eigenvalue weighted by Gasteiger charge is 2.20. The van der Waals surface area contributed by atoms with Crippen molar-refractivity contribution in [1.82, 2.24) is 15.3 Å². The molecule has 0 amide bonds. The van der Waals surface area contributed by atoms with Crippen LogP contribution >= 0.6 is 0 Å². The molecule has 4 heteroatoms. The second kappa shape index (κ2) is 4.82. The van der Waals surface area contributed by atoms with Crippen molar-refractivity contribution >= 4 is 16.7 Å². The van der Waals surface area contributed by atoms with Crippen LogP contribution in [0.25, 0.3) is 10.9 Å². The van der Waals surface area contributed by atoms with E-state index in [0.29, 0.717) is 23.7 Å². The zero-order chi connectivity index (χ0) is 12.4. The summed E-state index contributed by atoms with van der Waals surface area (Å²) in [6, 6.07) is 6.01. The Morgan fingerprint density at radius 1 is 1.33 bits per heavy atom. The molecule has 0 saturated carbocycles. The number of fused-ring (bicyclic) bond motifs is 1. The normalized spacial score (nSPS) is 19.2. The number of Topliss-reactive ketones (excluding diaryl/α,β-unsaturated/α-hetero) is 1. The van der Waals surface area contributed by atoms with Gasteiger partial charge in [-0.15, -0.1) is 0 Å². The first-order chi connectivity index (χ1) is 8.84. The zero-order valence-electron chi connectivity index (χ0n) is 10.1. The van der Waals surface area contributed by atoms with Gasteiger partial charge in [0.05, 0.1) is 5.52 Å². The molecule has 0 radical (unpaired) electrons. The number of carbonyl (C=O) groups excluding carboxylic acids is 1. The molecule has 4 nitrogen and oxygen atoms in total. The molecular formula is C14H15N3O. The van der Waals surface area contributed by atoms with Gasteiger partial charge >= 0.3 is 0 Å². The molecule has 1 atom stereocenters. The number of aromatic nitrogens is 2. The molecule has 0 unspecified atom stereocenters. The van der Waals surface area contributed by atoms with Crippen molar-refractivity contribution in [3.05, 3.63) is 36.3 Å². The summed E-state index contributed by atoms with van der Waals surface area (Å²) >= 11 is 0. The largest absolute Gasteiger partial charge is 0.314 e. The molecule has 1 saturated heterocycles. The average Bonchev–Trinajstić information content (AvgIpc) is 2.91. The molecule has 1 aliphatic rings. The van der Waals surface area contributed by atoms with Gasteiger partial charge in [0.25, 0.3) is 0 Å². The van der Waals surface area contributed by atoms with Crippen LogP contribution in [0.2, 0.25) is 0 Å². The van der Waals surface area contributed by atoms with Gasteiger partial charge in [-0.1, -0.05) is 6.07 Å². The highest BCUT2D eigenvalue weighted by Crippen LogP contribution is 2.17. The lowest BCUT2D eigenvalue weighted by Crippen LogP contribution is -2.25. The van der Waals surface area contributed by atoms with Gasteiger partial charge in [0.15, 0.2) is 5.78 Å². The summed E-state index contributed by atoms with van der Waals surface area (Å²) in [6.07, 6.45) is 6.12. The summed E-state index contributed by atoms with van der Waals surface area (Å²) in [5.74, 6) is 0.0821. The molecule has 3 rings (SSSR count). The molecule has 3 heterocycles. The predicted octanol–water partition coefficient (Wildman–Crippen LogP) is 1.95. The van der Waals surface area contributed by atoms with E-state index in [2.05, 4.69) is 15.3 Å². The lowest BCUT2D eigenvalue weighted by Gasteiger charge is -2.09. The van der Waals surface area contributed by atoms with Crippen LogP contribution in [0.15, 0.2) is 30.6 Å². The summed E-state index contributed by atoms with van der Waals surface area (Å²) < 4.78 is 0. The molecule has 1 fully saturated rings. The van der Waals surface area contributed by atoms with Gasteiger partial charge in [0, 0.05) is 30.2 Å². The summed E-state index contributed by atoms with van der Waals surface area (Å²) in [6.45, 7) is 1.01. The van der Waals surface area contributed by atoms with Crippen LogP contribution in [0.4, 0.5) is 0 Å². The Hall–Kier alpha value is -1.81. The molecule has 0 spiro atoms. The van der Waals surface area contributed by atoms with Crippen LogP contribution in [0.5, 0.6) is 0 Å². The minimum atomic E-state index is 0.0821. The Kier molecular flexibility index (Phi) is 3.02. The fraction of sp³-hybridized carbons (Fsp3) is 0.357. The molecule has 1 N–H and O–H groups in total. The third-order valence-electron chi connectivity index (χ3n) is 3.38. The van der Waals surface area contributed by atoms with Gasteiger partial charge in [-0.2, -0.15) is 0 Å². The summed E-state index contributed by atoms with van der Waals surface area (Å²) in [5, 5.41) is 4.30. The first-order valence-electron chi connectivity index (χ1n) is 6.31. The molecular weight excluding hydrogens is 226 g/mol. The van der Waals surface area contributed by atoms with Gasteiger partial charge in [-0.05, 0) is 31.5 Å². The van der Waals surface area contributed by atoms with Crippen LogP contribution in [0.1, 0.15) is 29.8 Å². The fourth-order valence-corrected chi connectivity index (χ4v) is 2.46. The van der Waals surface area contributed by atoms with E-state index < -0.39 is 0 Å². The third-order valence-corrected chi connectivity index (χ3v) is 3.38. The predicted molar refractivity (Wildman–Crippen MR) is 69.5 cm³/mol. The monoisotopic (exact) mass is 241 g/mol. The van der Waals surface area contributed by atoms with E-state index in [9.17, 15) is 4.79 Å². The molecule has 1 aliphatic heterocycles. The molecule has 2 aromatic heterocycles. The molecule has 18 heavy (non-hydrogen) atoms. The number of nitrogens with one attached hydrogen (secondary N) is 1. The zero-order valence-corrected chi connectivity index (χ0v) is 10.1. The number of rotatable bonds is 3. The second-order valence-electron chi connectivity index (χ2n) is 4.66. The first kappa shape index (κ1) is 11.3. The molecule has 0 aromatic carbocycles. The highest BCUT2D eigenvalue weighted by molar-refractivity contribution is 6.04. The number of pyridine rings is 2. The average molecular weight is 241 g/mol. The maximum absolute atomic E-state index is 12.3. The Balaban J connectivity index is 1.91. The van der Waals surface area contributed by atoms with Crippen molar-refractivity contribution in [2.24, 2.45) is 0 Å². The maximum Gasteiger partial charge on any atom is 0.184 e. The van der Waals surface area contributed by atoms with E-state index in [1.54, 1.807) is 12.4 Å². The minimum Gasteiger partial charge on any atom is -0.314 e. The number of ketones is 1. The van der Waals surface area contributed by atoms with Crippen LogP contribution in [0, 0.1) is 0 Å². The maximum atomic E-state index is 12.3. The number of hydrogen-bond donors (Lipinski definition) is 1. The quantitative estimate of drug-likeness (QED) is 0.834. The van der Waals surface area contributed by atoms with Crippen molar-refractivity contribution in [1.29, 1.82) is 0 Å². The standard InChI is InChI=1S/C14H15N3O/c18-12(9-11-4-2-6-15-11)14-13-10(5-8-17-14)3-1-7-16-13/h1,3,5,7-8,11,15H,2,4,6,9H2/t11-/m0/s1. The summed E-state index contributed by atoms with van der Waals surface area (Å²) in [5.41, 5.74) is 1.21. The lowest BCUT2D eigenvalue weighted by atomic mass is 10.0. The molecule has 92 valence electrons. The molecule has 0 aliphatic carbocycles. The van der Waals surface area contributed by atoms with E-state index in [-0.39, 0.29) is 5.78 Å². The van der Waals surface area contributed by atoms with Crippen molar-refractivity contribution in [3.8, 4) is 0 Å². The van der Waals surface area contributed by atoms with Crippen LogP contribution in [-0.4, -0.2) is 28.3 Å². The third kappa shape index (κ3) is 2.11. The fourth-order valence-electron chi connectivity index (χ4n) is 2.46. The smallest absolute Gasteiger partial charge is 0.184 e. The van der Waals surface area contributed by atoms with Gasteiger partial charge in [0.2, 0.25) is 0 Å². The van der Waals surface area contributed by atoms with Crippen molar-refractivity contribution in [2.75, 3.05) is 6.54 Å². The molecule has 2 aromatic rings. The second-order valence-corrected chi connectivity index (χ2v) is 4.66. The van der Waals surface area contributed by atoms with Crippen LogP contribution < -0.4 is 5.32 Å². The topological polar surface area (TPSA) is 54.9 Å². The Bertz CT molecular complexity index is 571.